The smallest absolute Gasteiger partial charge is 0.322 e. The van der Waals surface area contributed by atoms with Crippen LogP contribution in [-0.4, -0.2) is 25.7 Å². The Labute approximate surface area is 59.8 Å². The van der Waals surface area contributed by atoms with Crippen molar-refractivity contribution in [2.75, 3.05) is 13.7 Å². The van der Waals surface area contributed by atoms with E-state index in [1.807, 2.05) is 6.07 Å². The first kappa shape index (κ1) is 8.92. The Morgan fingerprint density at radius 2 is 2.50 bits per heavy atom. The molecule has 0 aliphatic carbocycles. The van der Waals surface area contributed by atoms with Gasteiger partial charge >= 0.3 is 5.97 Å². The molecule has 0 aliphatic rings. The average Bonchev–Trinajstić information content (AvgIpc) is 1.98. The molecule has 0 spiro atoms. The molecule has 0 bridgehead atoms. The SMILES string of the molecule is COC(=O)C(C)NCC#N. The van der Waals surface area contributed by atoms with Gasteiger partial charge in [-0.25, -0.2) is 0 Å². The molecule has 0 saturated heterocycles. The van der Waals surface area contributed by atoms with Gasteiger partial charge in [-0.3, -0.25) is 10.1 Å². The quantitative estimate of drug-likeness (QED) is 0.432. The van der Waals surface area contributed by atoms with Gasteiger partial charge in [0.2, 0.25) is 0 Å². The van der Waals surface area contributed by atoms with Crippen LogP contribution in [0.4, 0.5) is 0 Å². The van der Waals surface area contributed by atoms with Gasteiger partial charge in [-0.2, -0.15) is 5.26 Å². The number of nitrogens with zero attached hydrogens (tertiary/aromatic N) is 1. The highest BCUT2D eigenvalue weighted by molar-refractivity contribution is 5.75. The lowest BCUT2D eigenvalue weighted by Gasteiger charge is -2.06. The van der Waals surface area contributed by atoms with Gasteiger partial charge in [-0.15, -0.1) is 0 Å². The van der Waals surface area contributed by atoms with Gasteiger partial charge in [0.25, 0.3) is 0 Å². The fourth-order valence-electron chi connectivity index (χ4n) is 0.459. The summed E-state index contributed by atoms with van der Waals surface area (Å²) >= 11 is 0. The van der Waals surface area contributed by atoms with Crippen LogP contribution in [0.15, 0.2) is 0 Å². The second-order valence-electron chi connectivity index (χ2n) is 1.78. The van der Waals surface area contributed by atoms with Crippen molar-refractivity contribution in [1.82, 2.24) is 5.32 Å². The lowest BCUT2D eigenvalue weighted by Crippen LogP contribution is -2.34. The molecular weight excluding hydrogens is 132 g/mol. The molecule has 0 heterocycles. The highest BCUT2D eigenvalue weighted by Crippen LogP contribution is 1.83. The Hall–Kier alpha value is -1.08. The molecule has 0 radical (unpaired) electrons. The zero-order valence-electron chi connectivity index (χ0n) is 6.05. The van der Waals surface area contributed by atoms with Crippen molar-refractivity contribution >= 4 is 5.97 Å². The van der Waals surface area contributed by atoms with E-state index < -0.39 is 6.04 Å². The van der Waals surface area contributed by atoms with Gasteiger partial charge in [0, 0.05) is 0 Å². The van der Waals surface area contributed by atoms with Crippen LogP contribution in [-0.2, 0) is 9.53 Å². The van der Waals surface area contributed by atoms with Crippen molar-refractivity contribution in [3.8, 4) is 6.07 Å². The number of carbonyl (C=O) groups excluding carboxylic acids is 1. The van der Waals surface area contributed by atoms with E-state index in [-0.39, 0.29) is 12.5 Å². The fraction of sp³-hybridized carbons (Fsp3) is 0.667. The number of rotatable bonds is 3. The Bertz CT molecular complexity index is 150. The molecule has 4 nitrogen and oxygen atoms in total. The predicted molar refractivity (Wildman–Crippen MR) is 35.1 cm³/mol. The number of nitrogens with one attached hydrogen (secondary N) is 1. The third-order valence-electron chi connectivity index (χ3n) is 1.04. The number of nitriles is 1. The van der Waals surface area contributed by atoms with E-state index in [2.05, 4.69) is 10.1 Å². The zero-order valence-corrected chi connectivity index (χ0v) is 6.05. The predicted octanol–water partition coefficient (Wildman–Crippen LogP) is -0.339. The van der Waals surface area contributed by atoms with E-state index in [1.54, 1.807) is 6.92 Å². The molecule has 4 heteroatoms. The maximum absolute atomic E-state index is 10.6. The topological polar surface area (TPSA) is 62.1 Å². The molecule has 0 aliphatic heterocycles. The van der Waals surface area contributed by atoms with Crippen LogP contribution in [0, 0.1) is 11.3 Å². The van der Waals surface area contributed by atoms with Gasteiger partial charge in [-0.05, 0) is 6.92 Å². The first-order valence-electron chi connectivity index (χ1n) is 2.90. The molecule has 10 heavy (non-hydrogen) atoms. The number of ether oxygens (including phenoxy) is 1. The summed E-state index contributed by atoms with van der Waals surface area (Å²) in [4.78, 5) is 10.6. The van der Waals surface area contributed by atoms with Crippen LogP contribution in [0.1, 0.15) is 6.92 Å². The molecule has 0 aromatic carbocycles. The molecule has 0 fully saturated rings. The van der Waals surface area contributed by atoms with Crippen molar-refractivity contribution in [1.29, 1.82) is 5.26 Å². The normalized spacial score (nSPS) is 11.7. The Kier molecular flexibility index (Phi) is 4.25. The lowest BCUT2D eigenvalue weighted by molar-refractivity contribution is -0.142. The third-order valence-corrected chi connectivity index (χ3v) is 1.04. The summed E-state index contributed by atoms with van der Waals surface area (Å²) in [7, 11) is 1.31. The van der Waals surface area contributed by atoms with Gasteiger partial charge in [-0.1, -0.05) is 0 Å². The standard InChI is InChI=1S/C6H10N2O2/c1-5(6(9)10-2)8-4-3-7/h5,8H,4H2,1-2H3. The molecule has 0 saturated carbocycles. The largest absolute Gasteiger partial charge is 0.468 e. The molecule has 56 valence electrons. The number of carbonyl (C=O) groups is 1. The highest BCUT2D eigenvalue weighted by Gasteiger charge is 2.10. The van der Waals surface area contributed by atoms with Crippen LogP contribution in [0.2, 0.25) is 0 Å². The molecule has 1 unspecified atom stereocenters. The van der Waals surface area contributed by atoms with Crippen LogP contribution in [0.3, 0.4) is 0 Å². The van der Waals surface area contributed by atoms with E-state index in [9.17, 15) is 4.79 Å². The van der Waals surface area contributed by atoms with E-state index >= 15 is 0 Å². The van der Waals surface area contributed by atoms with Crippen molar-refractivity contribution in [3.05, 3.63) is 0 Å². The number of hydrogen-bond acceptors (Lipinski definition) is 4. The number of hydrogen-bond donors (Lipinski definition) is 1. The van der Waals surface area contributed by atoms with Gasteiger partial charge in [0.1, 0.15) is 6.04 Å². The second-order valence-corrected chi connectivity index (χ2v) is 1.78. The summed E-state index contributed by atoms with van der Waals surface area (Å²) in [5.41, 5.74) is 0. The van der Waals surface area contributed by atoms with Crippen molar-refractivity contribution in [3.63, 3.8) is 0 Å². The van der Waals surface area contributed by atoms with Crippen LogP contribution in [0.25, 0.3) is 0 Å². The molecule has 1 atom stereocenters. The minimum atomic E-state index is -0.398. The summed E-state index contributed by atoms with van der Waals surface area (Å²) < 4.78 is 4.40. The van der Waals surface area contributed by atoms with Crippen LogP contribution < -0.4 is 5.32 Å². The molecule has 1 N–H and O–H groups in total. The maximum Gasteiger partial charge on any atom is 0.322 e. The average molecular weight is 142 g/mol. The molecular formula is C6H10N2O2. The Morgan fingerprint density at radius 3 is 2.90 bits per heavy atom. The highest BCUT2D eigenvalue weighted by atomic mass is 16.5. The molecule has 0 aromatic heterocycles. The zero-order chi connectivity index (χ0) is 7.98. The van der Waals surface area contributed by atoms with E-state index in [0.29, 0.717) is 0 Å². The second kappa shape index (κ2) is 4.77. The van der Waals surface area contributed by atoms with E-state index in [0.717, 1.165) is 0 Å². The van der Waals surface area contributed by atoms with Crippen molar-refractivity contribution in [2.24, 2.45) is 0 Å². The van der Waals surface area contributed by atoms with Crippen LogP contribution in [0.5, 0.6) is 0 Å². The maximum atomic E-state index is 10.6. The van der Waals surface area contributed by atoms with Crippen molar-refractivity contribution < 1.29 is 9.53 Å². The Balaban J connectivity index is 3.53. The van der Waals surface area contributed by atoms with Crippen molar-refractivity contribution in [2.45, 2.75) is 13.0 Å². The van der Waals surface area contributed by atoms with Gasteiger partial charge < -0.3 is 4.74 Å². The summed E-state index contributed by atoms with van der Waals surface area (Å²) in [5, 5.41) is 10.8. The summed E-state index contributed by atoms with van der Waals surface area (Å²) in [5.74, 6) is -0.352. The van der Waals surface area contributed by atoms with Gasteiger partial charge in [0.05, 0.1) is 19.7 Å². The summed E-state index contributed by atoms with van der Waals surface area (Å²) in [6.07, 6.45) is 0. The van der Waals surface area contributed by atoms with E-state index in [1.165, 1.54) is 7.11 Å². The first-order valence-corrected chi connectivity index (χ1v) is 2.90. The lowest BCUT2D eigenvalue weighted by atomic mass is 10.3. The van der Waals surface area contributed by atoms with Gasteiger partial charge in [0.15, 0.2) is 0 Å². The summed E-state index contributed by atoms with van der Waals surface area (Å²) in [6.45, 7) is 1.81. The molecule has 0 amide bonds. The number of methoxy groups -OCH3 is 1. The summed E-state index contributed by atoms with van der Waals surface area (Å²) in [6, 6.07) is 1.46. The minimum Gasteiger partial charge on any atom is -0.468 e. The molecule has 0 aromatic rings. The molecule has 0 rings (SSSR count). The monoisotopic (exact) mass is 142 g/mol. The Morgan fingerprint density at radius 1 is 1.90 bits per heavy atom. The third kappa shape index (κ3) is 3.05. The minimum absolute atomic E-state index is 0.163. The van der Waals surface area contributed by atoms with Crippen LogP contribution >= 0.6 is 0 Å². The fourth-order valence-corrected chi connectivity index (χ4v) is 0.459. The first-order chi connectivity index (χ1) is 4.72. The van der Waals surface area contributed by atoms with E-state index in [4.69, 9.17) is 5.26 Å². The number of esters is 1.